The zero-order chi connectivity index (χ0) is 14.5. The van der Waals surface area contributed by atoms with E-state index in [4.69, 9.17) is 11.6 Å². The maximum absolute atomic E-state index is 12.4. The lowest BCUT2D eigenvalue weighted by atomic mass is 10.1. The van der Waals surface area contributed by atoms with Gasteiger partial charge in [-0.2, -0.15) is 0 Å². The van der Waals surface area contributed by atoms with Crippen LogP contribution in [0.5, 0.6) is 0 Å². The van der Waals surface area contributed by atoms with E-state index in [0.717, 1.165) is 25.8 Å². The minimum absolute atomic E-state index is 0.214. The van der Waals surface area contributed by atoms with Crippen molar-refractivity contribution in [2.45, 2.75) is 32.3 Å². The van der Waals surface area contributed by atoms with E-state index in [1.165, 1.54) is 0 Å². The molecule has 1 aliphatic rings. The summed E-state index contributed by atoms with van der Waals surface area (Å²) in [6, 6.07) is 3.44. The van der Waals surface area contributed by atoms with E-state index in [9.17, 15) is 9.90 Å². The van der Waals surface area contributed by atoms with Crippen LogP contribution < -0.4 is 5.32 Å². The van der Waals surface area contributed by atoms with Crippen LogP contribution in [0.25, 0.3) is 0 Å². The van der Waals surface area contributed by atoms with Crippen LogP contribution in [-0.4, -0.2) is 46.6 Å². The molecule has 1 aromatic rings. The first-order valence-corrected chi connectivity index (χ1v) is 7.37. The Balaban J connectivity index is 2.15. The number of halogens is 1. The zero-order valence-corrected chi connectivity index (χ0v) is 12.4. The van der Waals surface area contributed by atoms with E-state index < -0.39 is 6.10 Å². The molecule has 1 atom stereocenters. The fourth-order valence-electron chi connectivity index (χ4n) is 2.23. The molecule has 0 radical (unpaired) electrons. The van der Waals surface area contributed by atoms with E-state index in [1.54, 1.807) is 17.0 Å². The first-order valence-electron chi connectivity index (χ1n) is 6.99. The van der Waals surface area contributed by atoms with Crippen LogP contribution >= 0.6 is 11.6 Å². The molecule has 0 saturated carbocycles. The molecule has 2 N–H and O–H groups in total. The minimum atomic E-state index is -0.451. The van der Waals surface area contributed by atoms with Crippen LogP contribution in [0.3, 0.4) is 0 Å². The second-order valence-corrected chi connectivity index (χ2v) is 5.41. The highest BCUT2D eigenvalue weighted by atomic mass is 35.5. The van der Waals surface area contributed by atoms with Gasteiger partial charge in [0.2, 0.25) is 0 Å². The Hall–Kier alpha value is -1.33. The van der Waals surface area contributed by atoms with Crippen molar-refractivity contribution in [1.82, 2.24) is 9.88 Å². The fourth-order valence-corrected chi connectivity index (χ4v) is 2.42. The molecule has 0 spiro atoms. The largest absolute Gasteiger partial charge is 0.391 e. The summed E-state index contributed by atoms with van der Waals surface area (Å²) in [5, 5.41) is 13.1. The Morgan fingerprint density at radius 2 is 2.40 bits per heavy atom. The average Bonchev–Trinajstić information content (AvgIpc) is 2.45. The highest BCUT2D eigenvalue weighted by molar-refractivity contribution is 6.33. The molecule has 0 aliphatic carbocycles. The minimum Gasteiger partial charge on any atom is -0.391 e. The van der Waals surface area contributed by atoms with Gasteiger partial charge in [-0.3, -0.25) is 4.79 Å². The molecule has 1 unspecified atom stereocenters. The lowest BCUT2D eigenvalue weighted by molar-refractivity contribution is 0.0469. The normalized spacial score (nSPS) is 18.9. The van der Waals surface area contributed by atoms with E-state index in [2.05, 4.69) is 17.2 Å². The van der Waals surface area contributed by atoms with Gasteiger partial charge in [0.15, 0.2) is 0 Å². The number of nitrogens with zero attached hydrogens (tertiary/aromatic N) is 2. The van der Waals surface area contributed by atoms with Gasteiger partial charge in [0.25, 0.3) is 5.91 Å². The third-order valence-corrected chi connectivity index (χ3v) is 3.59. The molecular formula is C14H20ClN3O2. The van der Waals surface area contributed by atoms with Gasteiger partial charge >= 0.3 is 0 Å². The van der Waals surface area contributed by atoms with Crippen LogP contribution in [0.2, 0.25) is 5.02 Å². The number of carbonyl (C=O) groups is 1. The standard InChI is InChI=1S/C14H20ClN3O2/c1-2-7-16-12-6-5-11(15)13(17-12)14(20)18-8-3-4-10(19)9-18/h5-6,10,19H,2-4,7-9H2,1H3,(H,16,17). The molecule has 1 fully saturated rings. The molecule has 20 heavy (non-hydrogen) atoms. The number of amides is 1. The summed E-state index contributed by atoms with van der Waals surface area (Å²) in [6.45, 7) is 3.85. The summed E-state index contributed by atoms with van der Waals surface area (Å²) >= 11 is 6.08. The van der Waals surface area contributed by atoms with Gasteiger partial charge in [0.05, 0.1) is 11.1 Å². The summed E-state index contributed by atoms with van der Waals surface area (Å²) < 4.78 is 0. The summed E-state index contributed by atoms with van der Waals surface area (Å²) in [5.41, 5.74) is 0.252. The van der Waals surface area contributed by atoms with Crippen molar-refractivity contribution in [1.29, 1.82) is 0 Å². The molecule has 1 aliphatic heterocycles. The number of rotatable bonds is 4. The number of nitrogens with one attached hydrogen (secondary N) is 1. The number of likely N-dealkylation sites (tertiary alicyclic amines) is 1. The summed E-state index contributed by atoms with van der Waals surface area (Å²) in [7, 11) is 0. The van der Waals surface area contributed by atoms with E-state index >= 15 is 0 Å². The van der Waals surface area contributed by atoms with Crippen molar-refractivity contribution < 1.29 is 9.90 Å². The van der Waals surface area contributed by atoms with Gasteiger partial charge in [-0.1, -0.05) is 18.5 Å². The number of pyridine rings is 1. The van der Waals surface area contributed by atoms with Gasteiger partial charge in [0, 0.05) is 19.6 Å². The Morgan fingerprint density at radius 3 is 3.10 bits per heavy atom. The summed E-state index contributed by atoms with van der Waals surface area (Å²) in [4.78, 5) is 18.3. The topological polar surface area (TPSA) is 65.5 Å². The first-order chi connectivity index (χ1) is 9.61. The second-order valence-electron chi connectivity index (χ2n) is 5.00. The van der Waals surface area contributed by atoms with Crippen LogP contribution in [0.4, 0.5) is 5.82 Å². The van der Waals surface area contributed by atoms with E-state index in [1.807, 2.05) is 0 Å². The van der Waals surface area contributed by atoms with Crippen LogP contribution in [0, 0.1) is 0 Å². The molecule has 2 rings (SSSR count). The molecule has 110 valence electrons. The van der Waals surface area contributed by atoms with Gasteiger partial charge in [0.1, 0.15) is 11.5 Å². The SMILES string of the molecule is CCCNc1ccc(Cl)c(C(=O)N2CCCC(O)C2)n1. The van der Waals surface area contributed by atoms with Crippen LogP contribution in [0.1, 0.15) is 36.7 Å². The van der Waals surface area contributed by atoms with Crippen LogP contribution in [0.15, 0.2) is 12.1 Å². The summed E-state index contributed by atoms with van der Waals surface area (Å²) in [5.74, 6) is 0.436. The molecule has 1 saturated heterocycles. The third-order valence-electron chi connectivity index (χ3n) is 3.29. The molecule has 6 heteroatoms. The number of aliphatic hydroxyl groups excluding tert-OH is 1. The predicted octanol–water partition coefficient (Wildman–Crippen LogP) is 2.15. The predicted molar refractivity (Wildman–Crippen MR) is 79.2 cm³/mol. The van der Waals surface area contributed by atoms with Crippen molar-refractivity contribution in [3.8, 4) is 0 Å². The Bertz CT molecular complexity index is 481. The molecular weight excluding hydrogens is 278 g/mol. The Labute approximate surface area is 123 Å². The highest BCUT2D eigenvalue weighted by Crippen LogP contribution is 2.20. The van der Waals surface area contributed by atoms with Crippen molar-refractivity contribution in [2.75, 3.05) is 25.0 Å². The molecule has 1 aromatic heterocycles. The third kappa shape index (κ3) is 3.61. The van der Waals surface area contributed by atoms with Gasteiger partial charge in [-0.05, 0) is 31.4 Å². The maximum atomic E-state index is 12.4. The number of hydrogen-bond donors (Lipinski definition) is 2. The Kier molecular flexibility index (Phi) is 5.20. The van der Waals surface area contributed by atoms with Gasteiger partial charge < -0.3 is 15.3 Å². The van der Waals surface area contributed by atoms with Gasteiger partial charge in [-0.15, -0.1) is 0 Å². The quantitative estimate of drug-likeness (QED) is 0.894. The van der Waals surface area contributed by atoms with Crippen molar-refractivity contribution in [3.63, 3.8) is 0 Å². The summed E-state index contributed by atoms with van der Waals surface area (Å²) in [6.07, 6.45) is 2.07. The maximum Gasteiger partial charge on any atom is 0.274 e. The molecule has 0 aromatic carbocycles. The van der Waals surface area contributed by atoms with Crippen LogP contribution in [-0.2, 0) is 0 Å². The Morgan fingerprint density at radius 1 is 1.60 bits per heavy atom. The number of carbonyl (C=O) groups excluding carboxylic acids is 1. The number of hydrogen-bond acceptors (Lipinski definition) is 4. The van der Waals surface area contributed by atoms with Crippen molar-refractivity contribution in [2.24, 2.45) is 0 Å². The second kappa shape index (κ2) is 6.90. The lowest BCUT2D eigenvalue weighted by Crippen LogP contribution is -2.42. The average molecular weight is 298 g/mol. The number of piperidine rings is 1. The van der Waals surface area contributed by atoms with Gasteiger partial charge in [-0.25, -0.2) is 4.98 Å². The zero-order valence-electron chi connectivity index (χ0n) is 11.6. The lowest BCUT2D eigenvalue weighted by Gasteiger charge is -2.30. The number of β-amino-alcohol motifs (C(OH)–C–C–N with tert-alkyl or cyclic N) is 1. The monoisotopic (exact) mass is 297 g/mol. The van der Waals surface area contributed by atoms with Crippen molar-refractivity contribution in [3.05, 3.63) is 22.8 Å². The molecule has 0 bridgehead atoms. The van der Waals surface area contributed by atoms with E-state index in [0.29, 0.717) is 23.9 Å². The van der Waals surface area contributed by atoms with Crippen molar-refractivity contribution >= 4 is 23.3 Å². The molecule has 2 heterocycles. The molecule has 1 amide bonds. The molecule has 5 nitrogen and oxygen atoms in total. The number of aliphatic hydroxyl groups is 1. The number of aromatic nitrogens is 1. The van der Waals surface area contributed by atoms with E-state index in [-0.39, 0.29) is 11.6 Å². The number of anilines is 1. The first kappa shape index (κ1) is 15.1. The smallest absolute Gasteiger partial charge is 0.274 e. The fraction of sp³-hybridized carbons (Fsp3) is 0.571. The highest BCUT2D eigenvalue weighted by Gasteiger charge is 2.25.